The Morgan fingerprint density at radius 2 is 1.75 bits per heavy atom. The van der Waals surface area contributed by atoms with E-state index in [1.807, 2.05) is 30.3 Å². The predicted molar refractivity (Wildman–Crippen MR) is 74.9 cm³/mol. The van der Waals surface area contributed by atoms with Crippen molar-refractivity contribution < 1.29 is 4.39 Å². The molecule has 0 aliphatic rings. The maximum atomic E-state index is 13.1. The first-order chi connectivity index (χ1) is 9.81. The Balaban J connectivity index is 1.90. The smallest absolute Gasteiger partial charge is 0.213 e. The zero-order valence-electron chi connectivity index (χ0n) is 10.5. The zero-order valence-corrected chi connectivity index (χ0v) is 10.5. The molecule has 20 heavy (non-hydrogen) atoms. The van der Waals surface area contributed by atoms with Crippen LogP contribution in [0.1, 0.15) is 0 Å². The van der Waals surface area contributed by atoms with Gasteiger partial charge in [0.15, 0.2) is 0 Å². The second kappa shape index (κ2) is 5.44. The lowest BCUT2D eigenvalue weighted by Gasteiger charge is -2.06. The molecule has 4 nitrogen and oxygen atoms in total. The van der Waals surface area contributed by atoms with Crippen molar-refractivity contribution in [3.8, 4) is 11.3 Å². The lowest BCUT2D eigenvalue weighted by molar-refractivity contribution is 0.584. The van der Waals surface area contributed by atoms with Crippen molar-refractivity contribution in [1.29, 1.82) is 0 Å². The molecule has 3 aromatic rings. The highest BCUT2D eigenvalue weighted by atomic mass is 19.1. The van der Waals surface area contributed by atoms with Gasteiger partial charge in [0.1, 0.15) is 12.1 Å². The number of hydrogen-bond donors (Lipinski definition) is 1. The minimum Gasteiger partial charge on any atom is -0.340 e. The Hall–Kier alpha value is -2.82. The van der Waals surface area contributed by atoms with E-state index in [1.165, 1.54) is 18.6 Å². The highest BCUT2D eigenvalue weighted by Crippen LogP contribution is 2.20. The van der Waals surface area contributed by atoms with Gasteiger partial charge in [-0.05, 0) is 18.2 Å². The molecule has 0 fully saturated rings. The van der Waals surface area contributed by atoms with E-state index in [1.54, 1.807) is 12.1 Å². The summed E-state index contributed by atoms with van der Waals surface area (Å²) in [4.78, 5) is 11.8. The zero-order chi connectivity index (χ0) is 13.8. The number of nitrogens with one attached hydrogen (secondary N) is 1. The summed E-state index contributed by atoms with van der Waals surface area (Å²) in [6.45, 7) is 0. The van der Waals surface area contributed by atoms with Gasteiger partial charge < -0.3 is 5.32 Å². The number of para-hydroxylation sites is 1. The van der Waals surface area contributed by atoms with Crippen LogP contribution in [0.3, 0.4) is 0 Å². The van der Waals surface area contributed by atoms with Gasteiger partial charge in [0.2, 0.25) is 5.95 Å². The van der Waals surface area contributed by atoms with Crippen LogP contribution in [0, 0.1) is 5.95 Å². The number of hydrogen-bond acceptors (Lipinski definition) is 4. The first-order valence-corrected chi connectivity index (χ1v) is 6.07. The summed E-state index contributed by atoms with van der Waals surface area (Å²) in [6, 6.07) is 14.5. The molecule has 0 radical (unpaired) electrons. The molecule has 98 valence electrons. The van der Waals surface area contributed by atoms with Gasteiger partial charge in [0.25, 0.3) is 0 Å². The van der Waals surface area contributed by atoms with Crippen molar-refractivity contribution in [2.75, 3.05) is 5.32 Å². The summed E-state index contributed by atoms with van der Waals surface area (Å²) >= 11 is 0. The van der Waals surface area contributed by atoms with Crippen LogP contribution in [0.4, 0.5) is 15.9 Å². The minimum atomic E-state index is -0.529. The van der Waals surface area contributed by atoms with Crippen LogP contribution in [0.25, 0.3) is 11.3 Å². The number of aromatic nitrogens is 3. The Kier molecular flexibility index (Phi) is 3.33. The van der Waals surface area contributed by atoms with Crippen molar-refractivity contribution in [2.45, 2.75) is 0 Å². The highest BCUT2D eigenvalue weighted by molar-refractivity contribution is 5.64. The second-order valence-corrected chi connectivity index (χ2v) is 4.15. The quantitative estimate of drug-likeness (QED) is 0.738. The third-order valence-corrected chi connectivity index (χ3v) is 2.74. The Morgan fingerprint density at radius 1 is 0.900 bits per heavy atom. The van der Waals surface area contributed by atoms with Gasteiger partial charge in [0, 0.05) is 29.6 Å². The van der Waals surface area contributed by atoms with Crippen molar-refractivity contribution in [3.63, 3.8) is 0 Å². The van der Waals surface area contributed by atoms with Crippen LogP contribution < -0.4 is 5.32 Å². The lowest BCUT2D eigenvalue weighted by Crippen LogP contribution is -1.95. The lowest BCUT2D eigenvalue weighted by atomic mass is 10.2. The van der Waals surface area contributed by atoms with Crippen LogP contribution in [0.5, 0.6) is 0 Å². The fourth-order valence-electron chi connectivity index (χ4n) is 1.81. The summed E-state index contributed by atoms with van der Waals surface area (Å²) in [7, 11) is 0. The molecule has 2 aromatic heterocycles. The van der Waals surface area contributed by atoms with Gasteiger partial charge in [0.05, 0.1) is 5.69 Å². The van der Waals surface area contributed by atoms with Crippen LogP contribution in [-0.4, -0.2) is 15.0 Å². The molecular formula is C15H11FN4. The van der Waals surface area contributed by atoms with E-state index in [9.17, 15) is 4.39 Å². The van der Waals surface area contributed by atoms with E-state index in [2.05, 4.69) is 20.3 Å². The summed E-state index contributed by atoms with van der Waals surface area (Å²) in [5.74, 6) is 0.122. The number of pyridine rings is 1. The van der Waals surface area contributed by atoms with Crippen LogP contribution in [0.15, 0.2) is 61.1 Å². The fraction of sp³-hybridized carbons (Fsp3) is 0. The maximum absolute atomic E-state index is 13.1. The largest absolute Gasteiger partial charge is 0.340 e. The van der Waals surface area contributed by atoms with Crippen LogP contribution in [-0.2, 0) is 0 Å². The van der Waals surface area contributed by atoms with E-state index in [0.717, 1.165) is 5.69 Å². The first kappa shape index (κ1) is 12.2. The predicted octanol–water partition coefficient (Wildman–Crippen LogP) is 3.42. The summed E-state index contributed by atoms with van der Waals surface area (Å²) in [5.41, 5.74) is 2.23. The molecule has 0 aliphatic heterocycles. The van der Waals surface area contributed by atoms with Crippen molar-refractivity contribution in [3.05, 3.63) is 67.0 Å². The number of benzene rings is 1. The van der Waals surface area contributed by atoms with Crippen molar-refractivity contribution >= 4 is 11.5 Å². The van der Waals surface area contributed by atoms with Crippen molar-refractivity contribution in [2.24, 2.45) is 0 Å². The molecular weight excluding hydrogens is 255 g/mol. The molecule has 5 heteroatoms. The van der Waals surface area contributed by atoms with E-state index in [0.29, 0.717) is 17.1 Å². The van der Waals surface area contributed by atoms with Gasteiger partial charge in [-0.1, -0.05) is 18.2 Å². The second-order valence-electron chi connectivity index (χ2n) is 4.15. The Morgan fingerprint density at radius 3 is 2.55 bits per heavy atom. The highest BCUT2D eigenvalue weighted by Gasteiger charge is 2.04. The standard InChI is InChI=1S/C15H11FN4/c16-14-8-11(6-7-17-14)13-9-15(19-10-18-13)20-12-4-2-1-3-5-12/h1-10H,(H,18,19,20). The van der Waals surface area contributed by atoms with E-state index < -0.39 is 5.95 Å². The topological polar surface area (TPSA) is 50.7 Å². The van der Waals surface area contributed by atoms with E-state index in [4.69, 9.17) is 0 Å². The normalized spacial score (nSPS) is 10.2. The van der Waals surface area contributed by atoms with E-state index in [-0.39, 0.29) is 0 Å². The summed E-state index contributed by atoms with van der Waals surface area (Å²) in [6.07, 6.45) is 2.86. The molecule has 0 atom stereocenters. The molecule has 0 bridgehead atoms. The molecule has 0 amide bonds. The third-order valence-electron chi connectivity index (χ3n) is 2.74. The fourth-order valence-corrected chi connectivity index (χ4v) is 1.81. The number of nitrogens with zero attached hydrogens (tertiary/aromatic N) is 3. The first-order valence-electron chi connectivity index (χ1n) is 6.07. The molecule has 0 spiro atoms. The average Bonchev–Trinajstić information content (AvgIpc) is 2.49. The SMILES string of the molecule is Fc1cc(-c2cc(Nc3ccccc3)ncn2)ccn1. The summed E-state index contributed by atoms with van der Waals surface area (Å²) < 4.78 is 13.1. The molecule has 3 rings (SSSR count). The summed E-state index contributed by atoms with van der Waals surface area (Å²) in [5, 5.41) is 3.17. The molecule has 1 N–H and O–H groups in total. The van der Waals surface area contributed by atoms with E-state index >= 15 is 0 Å². The third kappa shape index (κ3) is 2.77. The molecule has 0 unspecified atom stereocenters. The molecule has 1 aromatic carbocycles. The Bertz CT molecular complexity index is 716. The van der Waals surface area contributed by atoms with Gasteiger partial charge >= 0.3 is 0 Å². The minimum absolute atomic E-state index is 0.529. The van der Waals surface area contributed by atoms with Crippen LogP contribution in [0.2, 0.25) is 0 Å². The number of rotatable bonds is 3. The molecule has 0 saturated heterocycles. The van der Waals surface area contributed by atoms with Crippen molar-refractivity contribution in [1.82, 2.24) is 15.0 Å². The molecule has 0 saturated carbocycles. The van der Waals surface area contributed by atoms with Gasteiger partial charge in [-0.3, -0.25) is 0 Å². The van der Waals surface area contributed by atoms with Gasteiger partial charge in [-0.15, -0.1) is 0 Å². The van der Waals surface area contributed by atoms with Crippen LogP contribution >= 0.6 is 0 Å². The van der Waals surface area contributed by atoms with Gasteiger partial charge in [-0.2, -0.15) is 4.39 Å². The monoisotopic (exact) mass is 266 g/mol. The van der Waals surface area contributed by atoms with Gasteiger partial charge in [-0.25, -0.2) is 15.0 Å². The average molecular weight is 266 g/mol. The maximum Gasteiger partial charge on any atom is 0.213 e. The Labute approximate surface area is 115 Å². The number of anilines is 2. The number of halogens is 1. The molecule has 2 heterocycles. The molecule has 0 aliphatic carbocycles.